The van der Waals surface area contributed by atoms with Crippen LogP contribution in [0.3, 0.4) is 0 Å². The molecule has 1 aliphatic rings. The van der Waals surface area contributed by atoms with E-state index in [1.165, 1.54) is 0 Å². The summed E-state index contributed by atoms with van der Waals surface area (Å²) in [6, 6.07) is 17.8. The third-order valence-electron chi connectivity index (χ3n) is 3.59. The molecule has 0 aromatic heterocycles. The third kappa shape index (κ3) is 3.65. The van der Waals surface area contributed by atoms with E-state index < -0.39 is 6.29 Å². The molecule has 22 heavy (non-hydrogen) atoms. The second-order valence-electron chi connectivity index (χ2n) is 5.16. The minimum absolute atomic E-state index is 0.0498. The van der Waals surface area contributed by atoms with Crippen LogP contribution in [0.25, 0.3) is 0 Å². The molecule has 1 aliphatic heterocycles. The monoisotopic (exact) mass is 300 g/mol. The minimum Gasteiger partial charge on any atom is -0.496 e. The van der Waals surface area contributed by atoms with Gasteiger partial charge in [0.05, 0.1) is 26.9 Å². The van der Waals surface area contributed by atoms with Gasteiger partial charge in [0.1, 0.15) is 11.9 Å². The topological polar surface area (TPSA) is 36.9 Å². The maximum absolute atomic E-state index is 5.83. The first-order valence-electron chi connectivity index (χ1n) is 7.38. The zero-order valence-electron chi connectivity index (χ0n) is 12.6. The largest absolute Gasteiger partial charge is 0.496 e. The lowest BCUT2D eigenvalue weighted by Crippen LogP contribution is -2.33. The van der Waals surface area contributed by atoms with Gasteiger partial charge >= 0.3 is 0 Å². The van der Waals surface area contributed by atoms with Crippen LogP contribution in [-0.4, -0.2) is 26.4 Å². The van der Waals surface area contributed by atoms with Crippen LogP contribution in [0.2, 0.25) is 0 Å². The second kappa shape index (κ2) is 7.40. The van der Waals surface area contributed by atoms with Crippen LogP contribution in [0.5, 0.6) is 5.75 Å². The molecule has 0 atom stereocenters. The molecule has 0 bridgehead atoms. The number of benzene rings is 2. The van der Waals surface area contributed by atoms with Crippen molar-refractivity contribution in [1.29, 1.82) is 0 Å². The standard InChI is InChI=1S/C18H20O4/c1-19-17-10-6-5-9-16(17)18-21-12-15(13-22-18)20-11-14-7-3-2-4-8-14/h2-10,15,18H,11-13H2,1H3. The van der Waals surface area contributed by atoms with E-state index in [1.54, 1.807) is 7.11 Å². The number of hydrogen-bond donors (Lipinski definition) is 0. The summed E-state index contributed by atoms with van der Waals surface area (Å²) in [6.07, 6.45) is -0.445. The van der Waals surface area contributed by atoms with E-state index in [1.807, 2.05) is 54.6 Å². The average molecular weight is 300 g/mol. The summed E-state index contributed by atoms with van der Waals surface area (Å²) < 4.78 is 22.7. The summed E-state index contributed by atoms with van der Waals surface area (Å²) in [7, 11) is 1.65. The molecule has 2 aromatic rings. The van der Waals surface area contributed by atoms with Gasteiger partial charge in [-0.3, -0.25) is 0 Å². The lowest BCUT2D eigenvalue weighted by atomic mass is 10.2. The summed E-state index contributed by atoms with van der Waals surface area (Å²) in [5, 5.41) is 0. The SMILES string of the molecule is COc1ccccc1C1OCC(OCc2ccccc2)CO1. The van der Waals surface area contributed by atoms with Gasteiger partial charge in [-0.05, 0) is 11.6 Å². The fourth-order valence-electron chi connectivity index (χ4n) is 2.41. The number of ether oxygens (including phenoxy) is 4. The van der Waals surface area contributed by atoms with E-state index in [0.717, 1.165) is 16.9 Å². The first-order chi connectivity index (χ1) is 10.9. The van der Waals surface area contributed by atoms with E-state index in [0.29, 0.717) is 19.8 Å². The highest BCUT2D eigenvalue weighted by Crippen LogP contribution is 2.30. The zero-order valence-corrected chi connectivity index (χ0v) is 12.6. The van der Waals surface area contributed by atoms with Crippen molar-refractivity contribution in [1.82, 2.24) is 0 Å². The number of rotatable bonds is 5. The molecule has 0 unspecified atom stereocenters. The Balaban J connectivity index is 1.52. The number of hydrogen-bond acceptors (Lipinski definition) is 4. The molecule has 116 valence electrons. The predicted octanol–water partition coefficient (Wildman–Crippen LogP) is 3.33. The number of methoxy groups -OCH3 is 1. The molecular weight excluding hydrogens is 280 g/mol. The number of para-hydroxylation sites is 1. The Hall–Kier alpha value is -1.88. The Kier molecular flexibility index (Phi) is 5.06. The fourth-order valence-corrected chi connectivity index (χ4v) is 2.41. The van der Waals surface area contributed by atoms with Crippen molar-refractivity contribution in [3.8, 4) is 5.75 Å². The second-order valence-corrected chi connectivity index (χ2v) is 5.16. The van der Waals surface area contributed by atoms with Gasteiger partial charge in [0.25, 0.3) is 0 Å². The average Bonchev–Trinajstić information content (AvgIpc) is 2.61. The van der Waals surface area contributed by atoms with Crippen molar-refractivity contribution in [2.24, 2.45) is 0 Å². The summed E-state index contributed by atoms with van der Waals surface area (Å²) in [4.78, 5) is 0. The van der Waals surface area contributed by atoms with Crippen LogP contribution in [0.1, 0.15) is 17.4 Å². The molecule has 0 aliphatic carbocycles. The van der Waals surface area contributed by atoms with E-state index in [4.69, 9.17) is 18.9 Å². The normalized spacial score (nSPS) is 21.5. The molecule has 2 aromatic carbocycles. The van der Waals surface area contributed by atoms with E-state index >= 15 is 0 Å². The van der Waals surface area contributed by atoms with Crippen LogP contribution < -0.4 is 4.74 Å². The van der Waals surface area contributed by atoms with Gasteiger partial charge < -0.3 is 18.9 Å². The van der Waals surface area contributed by atoms with Gasteiger partial charge in [-0.15, -0.1) is 0 Å². The molecule has 0 radical (unpaired) electrons. The summed E-state index contributed by atoms with van der Waals surface area (Å²) in [5.74, 6) is 0.774. The molecule has 1 saturated heterocycles. The van der Waals surface area contributed by atoms with Crippen LogP contribution in [0.4, 0.5) is 0 Å². The smallest absolute Gasteiger partial charge is 0.187 e. The van der Waals surface area contributed by atoms with Crippen LogP contribution in [0, 0.1) is 0 Å². The molecule has 4 nitrogen and oxygen atoms in total. The fraction of sp³-hybridized carbons (Fsp3) is 0.333. The van der Waals surface area contributed by atoms with E-state index in [9.17, 15) is 0 Å². The van der Waals surface area contributed by atoms with Gasteiger partial charge in [-0.2, -0.15) is 0 Å². The molecule has 1 fully saturated rings. The maximum atomic E-state index is 5.83. The Morgan fingerprint density at radius 2 is 1.64 bits per heavy atom. The predicted molar refractivity (Wildman–Crippen MR) is 82.7 cm³/mol. The lowest BCUT2D eigenvalue weighted by molar-refractivity contribution is -0.233. The van der Waals surface area contributed by atoms with E-state index in [2.05, 4.69) is 0 Å². The van der Waals surface area contributed by atoms with Gasteiger partial charge in [0.2, 0.25) is 0 Å². The van der Waals surface area contributed by atoms with Crippen molar-refractivity contribution in [3.05, 3.63) is 65.7 Å². The highest BCUT2D eigenvalue weighted by molar-refractivity contribution is 5.34. The van der Waals surface area contributed by atoms with Gasteiger partial charge in [0.15, 0.2) is 6.29 Å². The Labute approximate surface area is 130 Å². The van der Waals surface area contributed by atoms with Crippen molar-refractivity contribution >= 4 is 0 Å². The highest BCUT2D eigenvalue weighted by Gasteiger charge is 2.26. The zero-order chi connectivity index (χ0) is 15.2. The first kappa shape index (κ1) is 15.0. The molecular formula is C18H20O4. The van der Waals surface area contributed by atoms with Crippen molar-refractivity contribution in [3.63, 3.8) is 0 Å². The molecule has 1 heterocycles. The van der Waals surface area contributed by atoms with Crippen molar-refractivity contribution in [2.45, 2.75) is 19.0 Å². The van der Waals surface area contributed by atoms with E-state index in [-0.39, 0.29) is 6.10 Å². The lowest BCUT2D eigenvalue weighted by Gasteiger charge is -2.30. The van der Waals surface area contributed by atoms with Gasteiger partial charge in [0, 0.05) is 5.56 Å². The molecule has 0 spiro atoms. The highest BCUT2D eigenvalue weighted by atomic mass is 16.7. The van der Waals surface area contributed by atoms with Crippen LogP contribution >= 0.6 is 0 Å². The van der Waals surface area contributed by atoms with Crippen LogP contribution in [-0.2, 0) is 20.8 Å². The Bertz CT molecular complexity index is 577. The molecule has 3 rings (SSSR count). The minimum atomic E-state index is -0.396. The first-order valence-corrected chi connectivity index (χ1v) is 7.38. The van der Waals surface area contributed by atoms with Crippen molar-refractivity contribution < 1.29 is 18.9 Å². The summed E-state index contributed by atoms with van der Waals surface area (Å²) >= 11 is 0. The molecule has 0 amide bonds. The van der Waals surface area contributed by atoms with Gasteiger partial charge in [-0.1, -0.05) is 48.5 Å². The van der Waals surface area contributed by atoms with Gasteiger partial charge in [-0.25, -0.2) is 0 Å². The molecule has 0 N–H and O–H groups in total. The molecule has 0 saturated carbocycles. The Morgan fingerprint density at radius 3 is 2.36 bits per heavy atom. The quantitative estimate of drug-likeness (QED) is 0.849. The molecule has 4 heteroatoms. The Morgan fingerprint density at radius 1 is 0.955 bits per heavy atom. The maximum Gasteiger partial charge on any atom is 0.187 e. The summed E-state index contributed by atoms with van der Waals surface area (Å²) in [6.45, 7) is 1.59. The summed E-state index contributed by atoms with van der Waals surface area (Å²) in [5.41, 5.74) is 2.06. The van der Waals surface area contributed by atoms with Crippen molar-refractivity contribution in [2.75, 3.05) is 20.3 Å². The third-order valence-corrected chi connectivity index (χ3v) is 3.59. The van der Waals surface area contributed by atoms with Crippen LogP contribution in [0.15, 0.2) is 54.6 Å².